The van der Waals surface area contributed by atoms with E-state index in [0.717, 1.165) is 38.5 Å². The van der Waals surface area contributed by atoms with Crippen LogP contribution in [0.5, 0.6) is 5.75 Å². The van der Waals surface area contributed by atoms with Crippen LogP contribution in [0, 0.1) is 0 Å². The normalized spacial score (nSPS) is 17.3. The minimum absolute atomic E-state index is 0.0167. The summed E-state index contributed by atoms with van der Waals surface area (Å²) in [5.74, 6) is 0.0664. The van der Waals surface area contributed by atoms with Crippen molar-refractivity contribution >= 4 is 15.9 Å². The number of carbonyl (C=O) groups is 1. The van der Waals surface area contributed by atoms with Gasteiger partial charge < -0.3 is 10.1 Å². The number of hydrogen-bond acceptors (Lipinski definition) is 4. The molecular weight excluding hydrogens is 352 g/mol. The maximum Gasteiger partial charge on any atom is 0.255 e. The second-order valence-electron chi connectivity index (χ2n) is 6.84. The molecule has 1 aromatic rings. The minimum atomic E-state index is -3.61. The molecule has 0 bridgehead atoms. The molecule has 0 unspecified atom stereocenters. The largest absolute Gasteiger partial charge is 0.496 e. The molecular formula is C19H30N2O4S. The van der Waals surface area contributed by atoms with Gasteiger partial charge in [-0.15, -0.1) is 0 Å². The van der Waals surface area contributed by atoms with Crippen molar-refractivity contribution in [3.8, 4) is 5.75 Å². The molecule has 1 saturated heterocycles. The third-order valence-electron chi connectivity index (χ3n) is 4.72. The molecule has 1 aliphatic rings. The number of sulfonamides is 1. The molecule has 146 valence electrons. The summed E-state index contributed by atoms with van der Waals surface area (Å²) in [7, 11) is -2.13. The molecule has 7 heteroatoms. The molecule has 6 nitrogen and oxygen atoms in total. The Labute approximate surface area is 157 Å². The van der Waals surface area contributed by atoms with E-state index in [-0.39, 0.29) is 22.4 Å². The predicted octanol–water partition coefficient (Wildman–Crippen LogP) is 3.18. The maximum absolute atomic E-state index is 13.0. The zero-order valence-corrected chi connectivity index (χ0v) is 16.8. The van der Waals surface area contributed by atoms with Crippen molar-refractivity contribution in [1.29, 1.82) is 0 Å². The number of hydrogen-bond donors (Lipinski definition) is 1. The Morgan fingerprint density at radius 2 is 1.88 bits per heavy atom. The molecule has 2 rings (SSSR count). The first-order valence-corrected chi connectivity index (χ1v) is 10.8. The van der Waals surface area contributed by atoms with Crippen LogP contribution < -0.4 is 10.1 Å². The molecule has 1 N–H and O–H groups in total. The van der Waals surface area contributed by atoms with Crippen LogP contribution in [0.4, 0.5) is 0 Å². The van der Waals surface area contributed by atoms with Crippen molar-refractivity contribution in [3.05, 3.63) is 23.8 Å². The van der Waals surface area contributed by atoms with E-state index in [1.165, 1.54) is 23.5 Å². The summed E-state index contributed by atoms with van der Waals surface area (Å²) in [5.41, 5.74) is 0.256. The SMILES string of the molecule is CCC[C@@H](C)NC(=O)c1cc(S(=O)(=O)N2CCCCCC2)ccc1OC. The van der Waals surface area contributed by atoms with Crippen molar-refractivity contribution in [3.63, 3.8) is 0 Å². The van der Waals surface area contributed by atoms with Gasteiger partial charge in [-0.25, -0.2) is 8.42 Å². The van der Waals surface area contributed by atoms with E-state index in [2.05, 4.69) is 12.2 Å². The molecule has 0 aromatic heterocycles. The fourth-order valence-electron chi connectivity index (χ4n) is 3.26. The number of nitrogens with zero attached hydrogens (tertiary/aromatic N) is 1. The number of nitrogens with one attached hydrogen (secondary N) is 1. The smallest absolute Gasteiger partial charge is 0.255 e. The summed E-state index contributed by atoms with van der Waals surface area (Å²) in [6.07, 6.45) is 5.67. The Hall–Kier alpha value is -1.60. The van der Waals surface area contributed by atoms with Gasteiger partial charge in [-0.1, -0.05) is 26.2 Å². The summed E-state index contributed by atoms with van der Waals surface area (Å²) in [4.78, 5) is 12.8. The Morgan fingerprint density at radius 3 is 2.46 bits per heavy atom. The standard InChI is InChI=1S/C19H30N2O4S/c1-4-9-15(2)20-19(22)17-14-16(10-11-18(17)25-3)26(23,24)21-12-7-5-6-8-13-21/h10-11,14-15H,4-9,12-13H2,1-3H3,(H,20,22)/t15-/m1/s1. The number of methoxy groups -OCH3 is 1. The van der Waals surface area contributed by atoms with Gasteiger partial charge >= 0.3 is 0 Å². The van der Waals surface area contributed by atoms with Crippen LogP contribution in [-0.4, -0.2) is 44.9 Å². The Bertz CT molecular complexity index is 710. The zero-order valence-electron chi connectivity index (χ0n) is 16.0. The first-order valence-electron chi connectivity index (χ1n) is 9.39. The van der Waals surface area contributed by atoms with Gasteiger partial charge in [-0.2, -0.15) is 4.31 Å². The van der Waals surface area contributed by atoms with E-state index < -0.39 is 10.0 Å². The van der Waals surface area contributed by atoms with Gasteiger partial charge in [0.25, 0.3) is 5.91 Å². The average molecular weight is 383 g/mol. The Kier molecular flexibility index (Phi) is 7.46. The number of benzene rings is 1. The fraction of sp³-hybridized carbons (Fsp3) is 0.632. The van der Waals surface area contributed by atoms with E-state index in [1.807, 2.05) is 6.92 Å². The lowest BCUT2D eigenvalue weighted by Crippen LogP contribution is -2.34. The van der Waals surface area contributed by atoms with Crippen LogP contribution in [0.3, 0.4) is 0 Å². The van der Waals surface area contributed by atoms with E-state index in [9.17, 15) is 13.2 Å². The van der Waals surface area contributed by atoms with Gasteiger partial charge in [-0.05, 0) is 44.4 Å². The molecule has 0 spiro atoms. The average Bonchev–Trinajstić information content (AvgIpc) is 2.91. The van der Waals surface area contributed by atoms with Crippen LogP contribution in [0.25, 0.3) is 0 Å². The fourth-order valence-corrected chi connectivity index (χ4v) is 4.81. The van der Waals surface area contributed by atoms with Crippen molar-refractivity contribution in [2.24, 2.45) is 0 Å². The molecule has 1 fully saturated rings. The third kappa shape index (κ3) is 4.98. The summed E-state index contributed by atoms with van der Waals surface area (Å²) in [5, 5.41) is 2.91. The lowest BCUT2D eigenvalue weighted by molar-refractivity contribution is 0.0935. The molecule has 26 heavy (non-hydrogen) atoms. The number of ether oxygens (including phenoxy) is 1. The van der Waals surface area contributed by atoms with Crippen molar-refractivity contribution in [2.75, 3.05) is 20.2 Å². The monoisotopic (exact) mass is 382 g/mol. The van der Waals surface area contributed by atoms with Gasteiger partial charge in [0.1, 0.15) is 5.75 Å². The zero-order chi connectivity index (χ0) is 19.2. The first-order chi connectivity index (χ1) is 12.4. The van der Waals surface area contributed by atoms with Crippen molar-refractivity contribution in [2.45, 2.75) is 63.3 Å². The highest BCUT2D eigenvalue weighted by molar-refractivity contribution is 7.89. The van der Waals surface area contributed by atoms with Crippen LogP contribution in [0.1, 0.15) is 62.7 Å². The topological polar surface area (TPSA) is 75.7 Å². The molecule has 1 atom stereocenters. The molecule has 1 aliphatic heterocycles. The third-order valence-corrected chi connectivity index (χ3v) is 6.61. The second kappa shape index (κ2) is 9.37. The molecule has 1 amide bonds. The highest BCUT2D eigenvalue weighted by Crippen LogP contribution is 2.26. The molecule has 0 saturated carbocycles. The lowest BCUT2D eigenvalue weighted by Gasteiger charge is -2.21. The van der Waals surface area contributed by atoms with Crippen molar-refractivity contribution < 1.29 is 17.9 Å². The maximum atomic E-state index is 13.0. The van der Waals surface area contributed by atoms with Crippen LogP contribution in [-0.2, 0) is 10.0 Å². The number of carbonyl (C=O) groups excluding carboxylic acids is 1. The van der Waals surface area contributed by atoms with Gasteiger partial charge in [0.05, 0.1) is 17.6 Å². The highest BCUT2D eigenvalue weighted by atomic mass is 32.2. The molecule has 1 heterocycles. The number of amides is 1. The second-order valence-corrected chi connectivity index (χ2v) is 8.78. The Morgan fingerprint density at radius 1 is 1.23 bits per heavy atom. The number of rotatable bonds is 7. The lowest BCUT2D eigenvalue weighted by atomic mass is 10.1. The van der Waals surface area contributed by atoms with Gasteiger partial charge in [0.15, 0.2) is 0 Å². The predicted molar refractivity (Wildman–Crippen MR) is 102 cm³/mol. The van der Waals surface area contributed by atoms with Crippen LogP contribution >= 0.6 is 0 Å². The summed E-state index contributed by atoms with van der Waals surface area (Å²) >= 11 is 0. The first kappa shape index (κ1) is 20.7. The van der Waals surface area contributed by atoms with Crippen molar-refractivity contribution in [1.82, 2.24) is 9.62 Å². The van der Waals surface area contributed by atoms with Gasteiger partial charge in [-0.3, -0.25) is 4.79 Å². The van der Waals surface area contributed by atoms with Crippen LogP contribution in [0.2, 0.25) is 0 Å². The minimum Gasteiger partial charge on any atom is -0.496 e. The molecule has 1 aromatic carbocycles. The summed E-state index contributed by atoms with van der Waals surface area (Å²) < 4.78 is 32.8. The van der Waals surface area contributed by atoms with E-state index in [1.54, 1.807) is 6.07 Å². The quantitative estimate of drug-likeness (QED) is 0.786. The Balaban J connectivity index is 2.31. The van der Waals surface area contributed by atoms with Gasteiger partial charge in [0.2, 0.25) is 10.0 Å². The molecule has 0 aliphatic carbocycles. The van der Waals surface area contributed by atoms with Crippen LogP contribution in [0.15, 0.2) is 23.1 Å². The van der Waals surface area contributed by atoms with E-state index in [0.29, 0.717) is 18.8 Å². The highest BCUT2D eigenvalue weighted by Gasteiger charge is 2.27. The van der Waals surface area contributed by atoms with E-state index >= 15 is 0 Å². The summed E-state index contributed by atoms with van der Waals surface area (Å²) in [6.45, 7) is 5.05. The van der Waals surface area contributed by atoms with E-state index in [4.69, 9.17) is 4.74 Å². The summed E-state index contributed by atoms with van der Waals surface area (Å²) in [6, 6.07) is 4.53. The molecule has 0 radical (unpaired) electrons. The van der Waals surface area contributed by atoms with Gasteiger partial charge in [0, 0.05) is 19.1 Å².